The maximum atomic E-state index is 11.8. The highest BCUT2D eigenvalue weighted by Crippen LogP contribution is 2.02. The van der Waals surface area contributed by atoms with Crippen LogP contribution in [0.15, 0.2) is 0 Å². The molecule has 0 saturated carbocycles. The molecule has 0 fully saturated rings. The number of hydrogen-bond donors (Lipinski definition) is 4. The van der Waals surface area contributed by atoms with E-state index in [1.54, 1.807) is 13.8 Å². The molecule has 0 aromatic carbocycles. The van der Waals surface area contributed by atoms with Crippen LogP contribution in [0.4, 0.5) is 4.79 Å². The summed E-state index contributed by atoms with van der Waals surface area (Å²) in [5.41, 5.74) is 4.95. The van der Waals surface area contributed by atoms with Crippen LogP contribution in [-0.2, 0) is 14.3 Å². The van der Waals surface area contributed by atoms with Gasteiger partial charge in [-0.05, 0) is 5.92 Å². The molecule has 0 aliphatic heterocycles. The average molecular weight is 261 g/mol. The molecule has 0 aromatic heterocycles. The third-order valence-electron chi connectivity index (χ3n) is 2.23. The lowest BCUT2D eigenvalue weighted by atomic mass is 10.0. The minimum absolute atomic E-state index is 0.227. The standard InChI is InChI=1S/C10H19N3O5/c1-5(2)7(13-10(11)17)8(15)12-6(4-14)9(16)18-3/h5-7,14H,4H2,1-3H3,(H,12,15)(H3,11,13,17). The highest BCUT2D eigenvalue weighted by atomic mass is 16.5. The summed E-state index contributed by atoms with van der Waals surface area (Å²) in [6, 6.07) is -2.90. The fourth-order valence-electron chi connectivity index (χ4n) is 1.27. The van der Waals surface area contributed by atoms with Crippen LogP contribution >= 0.6 is 0 Å². The highest BCUT2D eigenvalue weighted by molar-refractivity contribution is 5.90. The Balaban J connectivity index is 4.67. The molecule has 0 aliphatic carbocycles. The zero-order valence-corrected chi connectivity index (χ0v) is 10.6. The van der Waals surface area contributed by atoms with Gasteiger partial charge < -0.3 is 26.2 Å². The van der Waals surface area contributed by atoms with E-state index in [9.17, 15) is 14.4 Å². The smallest absolute Gasteiger partial charge is 0.330 e. The normalized spacial score (nSPS) is 13.6. The molecule has 2 atom stereocenters. The van der Waals surface area contributed by atoms with Gasteiger partial charge in [0.15, 0.2) is 6.04 Å². The Morgan fingerprint density at radius 2 is 1.83 bits per heavy atom. The number of nitrogens with one attached hydrogen (secondary N) is 2. The van der Waals surface area contributed by atoms with Crippen molar-refractivity contribution in [1.82, 2.24) is 10.6 Å². The van der Waals surface area contributed by atoms with Crippen molar-refractivity contribution in [2.75, 3.05) is 13.7 Å². The van der Waals surface area contributed by atoms with Gasteiger partial charge in [0.05, 0.1) is 13.7 Å². The molecule has 0 heterocycles. The molecular weight excluding hydrogens is 242 g/mol. The summed E-state index contributed by atoms with van der Waals surface area (Å²) >= 11 is 0. The van der Waals surface area contributed by atoms with E-state index in [1.807, 2.05) is 0 Å². The number of ether oxygens (including phenoxy) is 1. The van der Waals surface area contributed by atoms with Crippen LogP contribution in [-0.4, -0.2) is 48.8 Å². The number of primary amides is 1. The maximum absolute atomic E-state index is 11.8. The molecule has 5 N–H and O–H groups in total. The molecule has 0 aromatic rings. The van der Waals surface area contributed by atoms with Gasteiger partial charge in [-0.15, -0.1) is 0 Å². The quantitative estimate of drug-likeness (QED) is 0.424. The van der Waals surface area contributed by atoms with Gasteiger partial charge in [-0.3, -0.25) is 4.79 Å². The Bertz CT molecular complexity index is 319. The molecule has 8 heteroatoms. The molecule has 3 amide bonds. The summed E-state index contributed by atoms with van der Waals surface area (Å²) in [7, 11) is 1.14. The van der Waals surface area contributed by atoms with Gasteiger partial charge in [-0.1, -0.05) is 13.8 Å². The second-order valence-corrected chi connectivity index (χ2v) is 4.00. The minimum atomic E-state index is -1.17. The van der Waals surface area contributed by atoms with Crippen LogP contribution in [0.5, 0.6) is 0 Å². The predicted octanol–water partition coefficient (Wildman–Crippen LogP) is -1.67. The Morgan fingerprint density at radius 3 is 2.17 bits per heavy atom. The molecule has 0 aliphatic rings. The van der Waals surface area contributed by atoms with Gasteiger partial charge in [0.2, 0.25) is 5.91 Å². The molecule has 0 bridgehead atoms. The topological polar surface area (TPSA) is 131 Å². The van der Waals surface area contributed by atoms with E-state index in [2.05, 4.69) is 15.4 Å². The van der Waals surface area contributed by atoms with E-state index in [0.29, 0.717) is 0 Å². The van der Waals surface area contributed by atoms with E-state index in [-0.39, 0.29) is 5.92 Å². The first-order valence-corrected chi connectivity index (χ1v) is 5.38. The van der Waals surface area contributed by atoms with Crippen molar-refractivity contribution < 1.29 is 24.2 Å². The third kappa shape index (κ3) is 5.00. The Hall–Kier alpha value is -1.83. The summed E-state index contributed by atoms with van der Waals surface area (Å²) in [6.07, 6.45) is 0. The number of hydrogen-bond acceptors (Lipinski definition) is 5. The number of rotatable bonds is 6. The monoisotopic (exact) mass is 261 g/mol. The second-order valence-electron chi connectivity index (χ2n) is 4.00. The zero-order chi connectivity index (χ0) is 14.3. The zero-order valence-electron chi connectivity index (χ0n) is 10.6. The van der Waals surface area contributed by atoms with Crippen molar-refractivity contribution in [3.8, 4) is 0 Å². The number of amides is 3. The fourth-order valence-corrected chi connectivity index (χ4v) is 1.27. The highest BCUT2D eigenvalue weighted by Gasteiger charge is 2.28. The van der Waals surface area contributed by atoms with Crippen molar-refractivity contribution >= 4 is 17.9 Å². The van der Waals surface area contributed by atoms with Crippen LogP contribution < -0.4 is 16.4 Å². The lowest BCUT2D eigenvalue weighted by Crippen LogP contribution is -2.55. The molecule has 8 nitrogen and oxygen atoms in total. The lowest BCUT2D eigenvalue weighted by Gasteiger charge is -2.22. The van der Waals surface area contributed by atoms with E-state index < -0.39 is 36.6 Å². The molecule has 2 unspecified atom stereocenters. The third-order valence-corrected chi connectivity index (χ3v) is 2.23. The molecule has 18 heavy (non-hydrogen) atoms. The number of esters is 1. The van der Waals surface area contributed by atoms with E-state index in [4.69, 9.17) is 10.8 Å². The molecular formula is C10H19N3O5. The van der Waals surface area contributed by atoms with Gasteiger partial charge in [-0.2, -0.15) is 0 Å². The van der Waals surface area contributed by atoms with E-state index in [0.717, 1.165) is 7.11 Å². The van der Waals surface area contributed by atoms with Crippen molar-refractivity contribution in [3.63, 3.8) is 0 Å². The van der Waals surface area contributed by atoms with Gasteiger partial charge in [0.1, 0.15) is 6.04 Å². The summed E-state index contributed by atoms with van der Waals surface area (Å²) in [4.78, 5) is 33.7. The predicted molar refractivity (Wildman–Crippen MR) is 62.4 cm³/mol. The maximum Gasteiger partial charge on any atom is 0.330 e. The van der Waals surface area contributed by atoms with Crippen molar-refractivity contribution in [2.24, 2.45) is 11.7 Å². The minimum Gasteiger partial charge on any atom is -0.467 e. The summed E-state index contributed by atoms with van der Waals surface area (Å²) in [5.74, 6) is -1.62. The summed E-state index contributed by atoms with van der Waals surface area (Å²) < 4.78 is 4.40. The first-order chi connectivity index (χ1) is 8.33. The molecule has 0 rings (SSSR count). The average Bonchev–Trinajstić information content (AvgIpc) is 2.31. The van der Waals surface area contributed by atoms with E-state index in [1.165, 1.54) is 0 Å². The number of methoxy groups -OCH3 is 1. The van der Waals surface area contributed by atoms with Gasteiger partial charge >= 0.3 is 12.0 Å². The Morgan fingerprint density at radius 1 is 1.28 bits per heavy atom. The number of carbonyl (C=O) groups excluding carboxylic acids is 3. The molecule has 0 saturated heterocycles. The van der Waals surface area contributed by atoms with Crippen LogP contribution in [0.25, 0.3) is 0 Å². The van der Waals surface area contributed by atoms with Gasteiger partial charge in [-0.25, -0.2) is 9.59 Å². The fraction of sp³-hybridized carbons (Fsp3) is 0.700. The lowest BCUT2D eigenvalue weighted by molar-refractivity contribution is -0.146. The Kier molecular flexibility index (Phi) is 6.73. The molecule has 0 spiro atoms. The first kappa shape index (κ1) is 16.2. The Labute approximate surface area is 105 Å². The van der Waals surface area contributed by atoms with Crippen molar-refractivity contribution in [1.29, 1.82) is 0 Å². The number of urea groups is 1. The van der Waals surface area contributed by atoms with Crippen LogP contribution in [0.3, 0.4) is 0 Å². The molecule has 0 radical (unpaired) electrons. The van der Waals surface area contributed by atoms with Gasteiger partial charge in [0.25, 0.3) is 0 Å². The van der Waals surface area contributed by atoms with Crippen LogP contribution in [0.2, 0.25) is 0 Å². The first-order valence-electron chi connectivity index (χ1n) is 5.38. The summed E-state index contributed by atoms with van der Waals surface area (Å²) in [6.45, 7) is 2.80. The van der Waals surface area contributed by atoms with E-state index >= 15 is 0 Å². The number of aliphatic hydroxyl groups excluding tert-OH is 1. The molecule has 104 valence electrons. The van der Waals surface area contributed by atoms with Crippen LogP contribution in [0, 0.1) is 5.92 Å². The largest absolute Gasteiger partial charge is 0.467 e. The van der Waals surface area contributed by atoms with Gasteiger partial charge in [0, 0.05) is 0 Å². The second kappa shape index (κ2) is 7.49. The number of aliphatic hydroxyl groups is 1. The number of nitrogens with two attached hydrogens (primary N) is 1. The summed E-state index contributed by atoms with van der Waals surface area (Å²) in [5, 5.41) is 13.5. The van der Waals surface area contributed by atoms with Crippen molar-refractivity contribution in [3.05, 3.63) is 0 Å². The van der Waals surface area contributed by atoms with Crippen LogP contribution in [0.1, 0.15) is 13.8 Å². The number of carbonyl (C=O) groups is 3. The SMILES string of the molecule is COC(=O)C(CO)NC(=O)C(NC(N)=O)C(C)C. The van der Waals surface area contributed by atoms with Crippen molar-refractivity contribution in [2.45, 2.75) is 25.9 Å².